The standard InChI is InChI=1S/C11H21N2O6PS/c1-11(2,7-19-20(17)18)9(15)10(16)13-4-3-8(14)12-5-6-21/h9,15H,3-7H2,1-2H3,(H3-,12,13,14,16,17,18,21)/p+2/t9-/m0/s1. The van der Waals surface area contributed by atoms with Crippen LogP contribution in [0.25, 0.3) is 0 Å². The Morgan fingerprint density at radius 1 is 1.33 bits per heavy atom. The number of carbonyl (C=O) groups excluding carboxylic acids is 2. The summed E-state index contributed by atoms with van der Waals surface area (Å²) in [5.74, 6) is -0.231. The highest BCUT2D eigenvalue weighted by Crippen LogP contribution is 2.26. The average Bonchev–Trinajstić information content (AvgIpc) is 2.42. The number of amides is 2. The summed E-state index contributed by atoms with van der Waals surface area (Å²) in [6, 6.07) is 0. The number of carbonyl (C=O) groups is 2. The van der Waals surface area contributed by atoms with Gasteiger partial charge in [0.25, 0.3) is 0 Å². The van der Waals surface area contributed by atoms with Crippen LogP contribution in [0.5, 0.6) is 0 Å². The van der Waals surface area contributed by atoms with Crippen LogP contribution < -0.4 is 10.6 Å². The first kappa shape index (κ1) is 20.3. The highest BCUT2D eigenvalue weighted by molar-refractivity contribution is 7.58. The number of hydrogen-bond donors (Lipinski definition) is 4. The summed E-state index contributed by atoms with van der Waals surface area (Å²) in [5.41, 5.74) is -1.03. The molecule has 0 fully saturated rings. The molecule has 21 heavy (non-hydrogen) atoms. The normalized spacial score (nSPS) is 13.5. The molecule has 0 aromatic heterocycles. The van der Waals surface area contributed by atoms with Crippen molar-refractivity contribution in [2.45, 2.75) is 26.4 Å². The Bertz CT molecular complexity index is 380. The van der Waals surface area contributed by atoms with Crippen molar-refractivity contribution in [3.63, 3.8) is 0 Å². The predicted octanol–water partition coefficient (Wildman–Crippen LogP) is -1.33. The second kappa shape index (κ2) is 10.1. The van der Waals surface area contributed by atoms with E-state index in [4.69, 9.17) is 4.89 Å². The molecule has 1 unspecified atom stereocenters. The summed E-state index contributed by atoms with van der Waals surface area (Å²) in [6.45, 7) is 3.39. The summed E-state index contributed by atoms with van der Waals surface area (Å²) in [7, 11) is -2.78. The van der Waals surface area contributed by atoms with E-state index in [2.05, 4.69) is 27.8 Å². The molecule has 0 aliphatic heterocycles. The third kappa shape index (κ3) is 9.00. The molecule has 0 spiro atoms. The molecular weight excluding hydrogens is 319 g/mol. The molecule has 0 aliphatic rings. The molecule has 10 heteroatoms. The Hall–Kier alpha value is -0.730. The van der Waals surface area contributed by atoms with Gasteiger partial charge in [0.15, 0.2) is 0 Å². The van der Waals surface area contributed by atoms with Crippen LogP contribution in [0.15, 0.2) is 0 Å². The second-order valence-electron chi connectivity index (χ2n) is 5.04. The van der Waals surface area contributed by atoms with Gasteiger partial charge in [-0.3, -0.25) is 9.59 Å². The average molecular weight is 342 g/mol. The lowest BCUT2D eigenvalue weighted by Crippen LogP contribution is -2.46. The van der Waals surface area contributed by atoms with Crippen LogP contribution in [0, 0.1) is 5.41 Å². The Balaban J connectivity index is 4.14. The minimum Gasteiger partial charge on any atom is -0.383 e. The zero-order chi connectivity index (χ0) is 16.5. The maximum Gasteiger partial charge on any atom is 0.694 e. The van der Waals surface area contributed by atoms with E-state index in [9.17, 15) is 19.3 Å². The van der Waals surface area contributed by atoms with Gasteiger partial charge in [0.2, 0.25) is 11.8 Å². The quantitative estimate of drug-likeness (QED) is 0.288. The van der Waals surface area contributed by atoms with Gasteiger partial charge in [0, 0.05) is 22.9 Å². The third-order valence-electron chi connectivity index (χ3n) is 2.63. The summed E-state index contributed by atoms with van der Waals surface area (Å²) in [6.07, 6.45) is -1.32. The Labute approximate surface area is 130 Å². The summed E-state index contributed by atoms with van der Waals surface area (Å²) in [5, 5.41) is 14.9. The van der Waals surface area contributed by atoms with E-state index < -0.39 is 25.7 Å². The molecule has 0 aliphatic carbocycles. The largest absolute Gasteiger partial charge is 0.694 e. The minimum atomic E-state index is -2.78. The molecule has 2 amide bonds. The molecule has 0 heterocycles. The number of rotatable bonds is 10. The summed E-state index contributed by atoms with van der Waals surface area (Å²) < 4.78 is 15.0. The van der Waals surface area contributed by atoms with Gasteiger partial charge in [-0.15, -0.1) is 9.42 Å². The molecule has 0 rings (SSSR count). The predicted molar refractivity (Wildman–Crippen MR) is 81.2 cm³/mol. The van der Waals surface area contributed by atoms with E-state index >= 15 is 0 Å². The zero-order valence-electron chi connectivity index (χ0n) is 12.1. The topological polar surface area (TPSA) is 125 Å². The van der Waals surface area contributed by atoms with Gasteiger partial charge in [-0.25, -0.2) is 0 Å². The Kier molecular flexibility index (Phi) is 9.72. The van der Waals surface area contributed by atoms with E-state index in [1.54, 1.807) is 0 Å². The number of aliphatic hydroxyl groups excluding tert-OH is 1. The molecular formula is C11H23N2O6PS+2. The van der Waals surface area contributed by atoms with Gasteiger partial charge in [0.1, 0.15) is 18.5 Å². The van der Waals surface area contributed by atoms with Gasteiger partial charge in [-0.2, -0.15) is 0 Å². The fraction of sp³-hybridized carbons (Fsp3) is 0.818. The van der Waals surface area contributed by atoms with Crippen molar-refractivity contribution in [2.24, 2.45) is 5.41 Å². The smallest absolute Gasteiger partial charge is 0.383 e. The monoisotopic (exact) mass is 342 g/mol. The van der Waals surface area contributed by atoms with Crippen molar-refractivity contribution >= 4 is 32.7 Å². The van der Waals surface area contributed by atoms with Gasteiger partial charge in [0.05, 0.1) is 6.54 Å². The highest BCUT2D eigenvalue weighted by atomic mass is 32.1. The number of aliphatic hydroxyl groups is 1. The summed E-state index contributed by atoms with van der Waals surface area (Å²) in [4.78, 5) is 31.6. The van der Waals surface area contributed by atoms with Crippen molar-refractivity contribution in [1.82, 2.24) is 10.6 Å². The van der Waals surface area contributed by atoms with Crippen LogP contribution in [-0.4, -0.2) is 53.4 Å². The van der Waals surface area contributed by atoms with Gasteiger partial charge in [-0.05, 0) is 12.6 Å². The van der Waals surface area contributed by atoms with Crippen molar-refractivity contribution < 1.29 is 28.7 Å². The van der Waals surface area contributed by atoms with Crippen molar-refractivity contribution in [1.29, 1.82) is 0 Å². The second-order valence-corrected chi connectivity index (χ2v) is 6.28. The van der Waals surface area contributed by atoms with Crippen molar-refractivity contribution in [2.75, 3.05) is 25.4 Å². The molecule has 0 aromatic carbocycles. The molecule has 122 valence electrons. The molecule has 2 atom stereocenters. The molecule has 0 saturated heterocycles. The van der Waals surface area contributed by atoms with E-state index in [-0.39, 0.29) is 25.5 Å². The molecule has 4 N–H and O–H groups in total. The lowest BCUT2D eigenvalue weighted by atomic mass is 9.87. The van der Waals surface area contributed by atoms with Crippen LogP contribution in [0.2, 0.25) is 0 Å². The first-order valence-corrected chi connectivity index (χ1v) is 8.20. The van der Waals surface area contributed by atoms with Crippen LogP contribution >= 0.6 is 8.25 Å². The van der Waals surface area contributed by atoms with Gasteiger partial charge < -0.3 is 15.7 Å². The van der Waals surface area contributed by atoms with Crippen molar-refractivity contribution in [3.8, 4) is 0 Å². The van der Waals surface area contributed by atoms with Gasteiger partial charge >= 0.3 is 8.25 Å². The van der Waals surface area contributed by atoms with Gasteiger partial charge in [-0.1, -0.05) is 13.8 Å². The first-order valence-electron chi connectivity index (χ1n) is 6.37. The first-order chi connectivity index (χ1) is 9.70. The molecule has 0 radical (unpaired) electrons. The maximum atomic E-state index is 11.7. The number of nitrogens with one attached hydrogen (secondary N) is 2. The van der Waals surface area contributed by atoms with Crippen LogP contribution in [0.3, 0.4) is 0 Å². The fourth-order valence-electron chi connectivity index (χ4n) is 1.34. The van der Waals surface area contributed by atoms with E-state index in [1.165, 1.54) is 13.8 Å². The SMILES string of the molecule is CC(C)(CO[P+](=O)O)[C@@H](O)C(=O)NCCC(=O)NCC[SH2+]. The Morgan fingerprint density at radius 3 is 2.48 bits per heavy atom. The molecule has 8 nitrogen and oxygen atoms in total. The van der Waals surface area contributed by atoms with E-state index in [1.807, 2.05) is 0 Å². The molecule has 0 saturated carbocycles. The summed E-state index contributed by atoms with van der Waals surface area (Å²) >= 11 is 3.21. The van der Waals surface area contributed by atoms with Crippen LogP contribution in [-0.2, 0) is 31.3 Å². The lowest BCUT2D eigenvalue weighted by Gasteiger charge is -2.26. The maximum absolute atomic E-state index is 11.7. The van der Waals surface area contributed by atoms with Crippen LogP contribution in [0.1, 0.15) is 20.3 Å². The third-order valence-corrected chi connectivity index (χ3v) is 3.23. The van der Waals surface area contributed by atoms with Crippen LogP contribution in [0.4, 0.5) is 0 Å². The number of hydrogen-bond acceptors (Lipinski definition) is 5. The Morgan fingerprint density at radius 2 is 1.95 bits per heavy atom. The zero-order valence-corrected chi connectivity index (χ0v) is 14.0. The minimum absolute atomic E-state index is 0.0919. The van der Waals surface area contributed by atoms with E-state index in [0.717, 1.165) is 0 Å². The van der Waals surface area contributed by atoms with Crippen molar-refractivity contribution in [3.05, 3.63) is 0 Å². The highest BCUT2D eigenvalue weighted by Gasteiger charge is 2.36. The molecule has 0 aromatic rings. The van der Waals surface area contributed by atoms with E-state index in [0.29, 0.717) is 12.3 Å². The lowest BCUT2D eigenvalue weighted by molar-refractivity contribution is -0.136. The molecule has 0 bridgehead atoms. The fourth-order valence-corrected chi connectivity index (χ4v) is 1.91.